The summed E-state index contributed by atoms with van der Waals surface area (Å²) in [5.74, 6) is 0. The molecule has 2 nitrogen and oxygen atoms in total. The summed E-state index contributed by atoms with van der Waals surface area (Å²) in [6, 6.07) is 12.1. The fourth-order valence-corrected chi connectivity index (χ4v) is 3.12. The van der Waals surface area contributed by atoms with Crippen LogP contribution in [0.2, 0.25) is 5.02 Å². The lowest BCUT2D eigenvalue weighted by Gasteiger charge is -2.07. The topological polar surface area (TPSA) is 24.9 Å². The second-order valence-corrected chi connectivity index (χ2v) is 5.96. The van der Waals surface area contributed by atoms with E-state index in [2.05, 4.69) is 42.3 Å². The number of benzene rings is 2. The van der Waals surface area contributed by atoms with Crippen LogP contribution in [0.4, 0.5) is 10.8 Å². The molecule has 1 N–H and O–H groups in total. The molecule has 0 aliphatic heterocycles. The van der Waals surface area contributed by atoms with Crippen LogP contribution in [0.25, 0.3) is 10.2 Å². The van der Waals surface area contributed by atoms with Crippen molar-refractivity contribution in [3.8, 4) is 0 Å². The zero-order chi connectivity index (χ0) is 13.4. The minimum atomic E-state index is 0.754. The number of anilines is 2. The van der Waals surface area contributed by atoms with Crippen LogP contribution in [0.1, 0.15) is 11.1 Å². The van der Waals surface area contributed by atoms with Crippen molar-refractivity contribution in [1.82, 2.24) is 4.98 Å². The van der Waals surface area contributed by atoms with E-state index in [1.807, 2.05) is 18.2 Å². The van der Waals surface area contributed by atoms with E-state index in [0.29, 0.717) is 0 Å². The van der Waals surface area contributed by atoms with Gasteiger partial charge in [-0.25, -0.2) is 4.98 Å². The van der Waals surface area contributed by atoms with E-state index in [0.717, 1.165) is 26.1 Å². The molecule has 0 bridgehead atoms. The molecule has 96 valence electrons. The molecule has 1 aromatic heterocycles. The molecule has 0 saturated carbocycles. The van der Waals surface area contributed by atoms with Gasteiger partial charge in [0.1, 0.15) is 0 Å². The van der Waals surface area contributed by atoms with Gasteiger partial charge in [-0.15, -0.1) is 0 Å². The monoisotopic (exact) mass is 288 g/mol. The highest BCUT2D eigenvalue weighted by Crippen LogP contribution is 2.33. The Balaban J connectivity index is 2.01. The number of aromatic nitrogens is 1. The van der Waals surface area contributed by atoms with Crippen molar-refractivity contribution in [2.75, 3.05) is 5.32 Å². The van der Waals surface area contributed by atoms with Crippen LogP contribution in [-0.4, -0.2) is 4.98 Å². The highest BCUT2D eigenvalue weighted by molar-refractivity contribution is 7.22. The van der Waals surface area contributed by atoms with Gasteiger partial charge in [0, 0.05) is 5.69 Å². The Bertz CT molecular complexity index is 749. The zero-order valence-electron chi connectivity index (χ0n) is 10.7. The molecule has 19 heavy (non-hydrogen) atoms. The van der Waals surface area contributed by atoms with Crippen LogP contribution in [0.3, 0.4) is 0 Å². The molecule has 0 radical (unpaired) electrons. The van der Waals surface area contributed by atoms with Gasteiger partial charge in [-0.2, -0.15) is 0 Å². The largest absolute Gasteiger partial charge is 0.331 e. The van der Waals surface area contributed by atoms with E-state index >= 15 is 0 Å². The van der Waals surface area contributed by atoms with Crippen molar-refractivity contribution in [2.45, 2.75) is 13.8 Å². The van der Waals surface area contributed by atoms with Gasteiger partial charge in [-0.05, 0) is 43.2 Å². The van der Waals surface area contributed by atoms with Crippen molar-refractivity contribution in [3.63, 3.8) is 0 Å². The molecule has 0 atom stereocenters. The third-order valence-corrected chi connectivity index (χ3v) is 4.45. The Morgan fingerprint density at radius 2 is 2.00 bits per heavy atom. The Labute approximate surface area is 121 Å². The number of nitrogens with zero attached hydrogens (tertiary/aromatic N) is 1. The standard InChI is InChI=1S/C15H13ClN2S/c1-9-6-7-10(2)13(8-9)18-15-17-12-5-3-4-11(16)14(12)19-15/h3-8H,1-2H3,(H,17,18). The summed E-state index contributed by atoms with van der Waals surface area (Å²) < 4.78 is 1.02. The van der Waals surface area contributed by atoms with Gasteiger partial charge in [-0.1, -0.05) is 41.1 Å². The number of thiazole rings is 1. The maximum atomic E-state index is 6.17. The first-order valence-electron chi connectivity index (χ1n) is 6.03. The van der Waals surface area contributed by atoms with E-state index in [1.54, 1.807) is 11.3 Å². The summed E-state index contributed by atoms with van der Waals surface area (Å²) in [7, 11) is 0. The Kier molecular flexibility index (Phi) is 3.17. The fourth-order valence-electron chi connectivity index (χ4n) is 1.95. The van der Waals surface area contributed by atoms with Crippen molar-refractivity contribution < 1.29 is 0 Å². The van der Waals surface area contributed by atoms with Crippen LogP contribution in [0, 0.1) is 13.8 Å². The third kappa shape index (κ3) is 2.44. The fraction of sp³-hybridized carbons (Fsp3) is 0.133. The average Bonchev–Trinajstić information content (AvgIpc) is 2.78. The molecule has 3 aromatic rings. The number of rotatable bonds is 2. The molecular weight excluding hydrogens is 276 g/mol. The molecule has 0 aliphatic rings. The number of hydrogen-bond donors (Lipinski definition) is 1. The summed E-state index contributed by atoms with van der Waals surface area (Å²) in [5.41, 5.74) is 4.46. The number of nitrogens with one attached hydrogen (secondary N) is 1. The quantitative estimate of drug-likeness (QED) is 0.691. The first-order valence-corrected chi connectivity index (χ1v) is 7.22. The zero-order valence-corrected chi connectivity index (χ0v) is 12.3. The van der Waals surface area contributed by atoms with E-state index < -0.39 is 0 Å². The Hall–Kier alpha value is -1.58. The van der Waals surface area contributed by atoms with Gasteiger partial charge >= 0.3 is 0 Å². The SMILES string of the molecule is Cc1ccc(C)c(Nc2nc3cccc(Cl)c3s2)c1. The third-order valence-electron chi connectivity index (χ3n) is 3.00. The van der Waals surface area contributed by atoms with E-state index in [1.165, 1.54) is 11.1 Å². The van der Waals surface area contributed by atoms with Crippen LogP contribution in [-0.2, 0) is 0 Å². The lowest BCUT2D eigenvalue weighted by molar-refractivity contribution is 1.36. The van der Waals surface area contributed by atoms with Crippen LogP contribution in [0.5, 0.6) is 0 Å². The molecule has 0 saturated heterocycles. The maximum Gasteiger partial charge on any atom is 0.188 e. The second-order valence-electron chi connectivity index (χ2n) is 4.55. The van der Waals surface area contributed by atoms with Crippen LogP contribution in [0.15, 0.2) is 36.4 Å². The number of hydrogen-bond acceptors (Lipinski definition) is 3. The number of halogens is 1. The predicted molar refractivity (Wildman–Crippen MR) is 83.8 cm³/mol. The van der Waals surface area contributed by atoms with Crippen molar-refractivity contribution in [1.29, 1.82) is 0 Å². The van der Waals surface area contributed by atoms with Gasteiger partial charge in [-0.3, -0.25) is 0 Å². The minimum Gasteiger partial charge on any atom is -0.331 e. The highest BCUT2D eigenvalue weighted by atomic mass is 35.5. The molecule has 3 rings (SSSR count). The lowest BCUT2D eigenvalue weighted by Crippen LogP contribution is -1.92. The van der Waals surface area contributed by atoms with Gasteiger partial charge in [0.15, 0.2) is 5.13 Å². The lowest BCUT2D eigenvalue weighted by atomic mass is 10.1. The van der Waals surface area contributed by atoms with Gasteiger partial charge in [0.2, 0.25) is 0 Å². The Morgan fingerprint density at radius 1 is 1.16 bits per heavy atom. The molecule has 0 fully saturated rings. The van der Waals surface area contributed by atoms with Crippen molar-refractivity contribution in [3.05, 3.63) is 52.5 Å². The first kappa shape index (κ1) is 12.5. The van der Waals surface area contributed by atoms with Crippen LogP contribution < -0.4 is 5.32 Å². The van der Waals surface area contributed by atoms with Gasteiger partial charge < -0.3 is 5.32 Å². The average molecular weight is 289 g/mol. The summed E-state index contributed by atoms with van der Waals surface area (Å²) in [6.07, 6.45) is 0. The molecule has 4 heteroatoms. The van der Waals surface area contributed by atoms with Gasteiger partial charge in [0.05, 0.1) is 15.2 Å². The minimum absolute atomic E-state index is 0.754. The van der Waals surface area contributed by atoms with Crippen LogP contribution >= 0.6 is 22.9 Å². The smallest absolute Gasteiger partial charge is 0.188 e. The predicted octanol–water partition coefficient (Wildman–Crippen LogP) is 5.31. The van der Waals surface area contributed by atoms with E-state index in [4.69, 9.17) is 11.6 Å². The number of aryl methyl sites for hydroxylation is 2. The molecule has 0 unspecified atom stereocenters. The molecule has 0 amide bonds. The van der Waals surface area contributed by atoms with Gasteiger partial charge in [0.25, 0.3) is 0 Å². The molecule has 2 aromatic carbocycles. The molecule has 0 spiro atoms. The van der Waals surface area contributed by atoms with Crippen molar-refractivity contribution >= 4 is 44.0 Å². The molecular formula is C15H13ClN2S. The second kappa shape index (κ2) is 4.83. The Morgan fingerprint density at radius 3 is 2.79 bits per heavy atom. The highest BCUT2D eigenvalue weighted by Gasteiger charge is 2.08. The molecule has 1 heterocycles. The van der Waals surface area contributed by atoms with Crippen molar-refractivity contribution in [2.24, 2.45) is 0 Å². The molecule has 0 aliphatic carbocycles. The summed E-state index contributed by atoms with van der Waals surface area (Å²) >= 11 is 7.75. The van der Waals surface area contributed by atoms with E-state index in [9.17, 15) is 0 Å². The normalized spacial score (nSPS) is 10.9. The maximum absolute atomic E-state index is 6.17. The summed E-state index contributed by atoms with van der Waals surface area (Å²) in [6.45, 7) is 4.17. The van der Waals surface area contributed by atoms with E-state index in [-0.39, 0.29) is 0 Å². The summed E-state index contributed by atoms with van der Waals surface area (Å²) in [4.78, 5) is 4.56. The first-order chi connectivity index (χ1) is 9.13. The summed E-state index contributed by atoms with van der Waals surface area (Å²) in [5, 5.41) is 5.00. The number of fused-ring (bicyclic) bond motifs is 1.